The lowest BCUT2D eigenvalue weighted by Crippen LogP contribution is -2.52. The van der Waals surface area contributed by atoms with Crippen molar-refractivity contribution >= 4 is 50.9 Å². The fourth-order valence-electron chi connectivity index (χ4n) is 12.0. The summed E-state index contributed by atoms with van der Waals surface area (Å²) in [6.45, 7) is 9.35. The van der Waals surface area contributed by atoms with E-state index in [0.717, 1.165) is 102 Å². The van der Waals surface area contributed by atoms with Crippen molar-refractivity contribution < 1.29 is 28.6 Å². The number of hydrogen-bond acceptors (Lipinski definition) is 12. The minimum atomic E-state index is -0.608. The Balaban J connectivity index is 0.701. The number of amides is 3. The molecule has 5 aromatic rings. The molecule has 2 aromatic heterocycles. The summed E-state index contributed by atoms with van der Waals surface area (Å²) in [7, 11) is 0. The van der Waals surface area contributed by atoms with E-state index in [1.807, 2.05) is 30.3 Å². The van der Waals surface area contributed by atoms with Gasteiger partial charge in [0.2, 0.25) is 11.8 Å². The third-order valence-corrected chi connectivity index (χ3v) is 15.5. The number of nitrogens with one attached hydrogen (secondary N) is 1. The molecule has 11 rings (SSSR count). The number of hydrogen-bond donors (Lipinski definition) is 2. The highest BCUT2D eigenvalue weighted by Gasteiger charge is 2.40. The second-order valence-corrected chi connectivity index (χ2v) is 19.8. The molecular formula is C53H58FN9O5. The van der Waals surface area contributed by atoms with Gasteiger partial charge in [0.15, 0.2) is 5.82 Å². The van der Waals surface area contributed by atoms with Crippen LogP contribution in [-0.2, 0) is 16.1 Å². The van der Waals surface area contributed by atoms with Crippen LogP contribution in [0.2, 0.25) is 0 Å². The molecule has 2 unspecified atom stereocenters. The summed E-state index contributed by atoms with van der Waals surface area (Å²) >= 11 is 0. The van der Waals surface area contributed by atoms with Gasteiger partial charge in [-0.3, -0.25) is 34.5 Å². The van der Waals surface area contributed by atoms with E-state index in [0.29, 0.717) is 70.1 Å². The number of phenolic OH excluding ortho intramolecular Hbond substituents is 1. The van der Waals surface area contributed by atoms with E-state index < -0.39 is 11.9 Å². The first-order chi connectivity index (χ1) is 33.2. The van der Waals surface area contributed by atoms with Gasteiger partial charge in [0, 0.05) is 92.2 Å². The summed E-state index contributed by atoms with van der Waals surface area (Å²) in [5, 5.41) is 15.0. The van der Waals surface area contributed by atoms with E-state index in [-0.39, 0.29) is 53.2 Å². The summed E-state index contributed by atoms with van der Waals surface area (Å²) in [5.74, 6) is 3.13. The Morgan fingerprint density at radius 3 is 2.51 bits per heavy atom. The number of fused-ring (bicyclic) bond motifs is 5. The minimum absolute atomic E-state index is 0.00653. The summed E-state index contributed by atoms with van der Waals surface area (Å²) in [5.41, 5.74) is 3.89. The summed E-state index contributed by atoms with van der Waals surface area (Å²) in [6, 6.07) is 14.4. The predicted octanol–water partition coefficient (Wildman–Crippen LogP) is 6.50. The molecule has 1 saturated carbocycles. The van der Waals surface area contributed by atoms with E-state index in [1.165, 1.54) is 25.3 Å². The van der Waals surface area contributed by atoms with Gasteiger partial charge in [-0.15, -0.1) is 6.42 Å². The SMILES string of the molecule is C#Cc1cccc2cc(O)cc(-c3ncc4c(N5CC6CCC(C6)C5)nc(OC[C@@H]5CCCN5CCCCCN5CCN(c6ccc7c(c6)CN([C@H]6CCC(=O)NC6=O)C7=O)CC5)nc4c3F)c12. The molecular weight excluding hydrogens is 862 g/mol. The number of anilines is 2. The van der Waals surface area contributed by atoms with E-state index in [4.69, 9.17) is 21.1 Å². The summed E-state index contributed by atoms with van der Waals surface area (Å²) < 4.78 is 23.6. The number of nitrogens with zero attached hydrogens (tertiary/aromatic N) is 8. The number of unbranched alkanes of at least 4 members (excludes halogenated alkanes) is 2. The van der Waals surface area contributed by atoms with E-state index in [1.54, 1.807) is 17.2 Å². The van der Waals surface area contributed by atoms with Gasteiger partial charge in [0.25, 0.3) is 5.91 Å². The number of ether oxygens (including phenoxy) is 1. The van der Waals surface area contributed by atoms with Crippen LogP contribution in [0.1, 0.15) is 85.7 Å². The Morgan fingerprint density at radius 1 is 0.882 bits per heavy atom. The normalized spacial score (nSPS) is 23.2. The third kappa shape index (κ3) is 8.57. The average Bonchev–Trinajstić information content (AvgIpc) is 4.05. The van der Waals surface area contributed by atoms with Gasteiger partial charge in [0.1, 0.15) is 35.4 Å². The van der Waals surface area contributed by atoms with Gasteiger partial charge in [-0.05, 0) is 130 Å². The number of aromatic hydroxyl groups is 1. The highest BCUT2D eigenvalue weighted by Crippen LogP contribution is 2.42. The van der Waals surface area contributed by atoms with Crippen LogP contribution in [0.25, 0.3) is 32.9 Å². The lowest BCUT2D eigenvalue weighted by atomic mass is 9.96. The van der Waals surface area contributed by atoms with Crippen LogP contribution in [0.4, 0.5) is 15.9 Å². The molecule has 3 aromatic carbocycles. The molecule has 0 radical (unpaired) electrons. The quantitative estimate of drug-likeness (QED) is 0.0755. The Kier molecular flexibility index (Phi) is 12.1. The van der Waals surface area contributed by atoms with Crippen molar-refractivity contribution in [2.75, 3.05) is 75.3 Å². The topological polar surface area (TPSA) is 148 Å². The smallest absolute Gasteiger partial charge is 0.319 e. The van der Waals surface area contributed by atoms with Crippen molar-refractivity contribution in [2.24, 2.45) is 11.8 Å². The molecule has 14 nitrogen and oxygen atoms in total. The molecule has 352 valence electrons. The number of benzene rings is 3. The van der Waals surface area contributed by atoms with Crippen molar-refractivity contribution in [1.82, 2.24) is 35.0 Å². The number of carbonyl (C=O) groups is 3. The molecule has 1 aliphatic carbocycles. The van der Waals surface area contributed by atoms with Crippen LogP contribution < -0.4 is 19.9 Å². The van der Waals surface area contributed by atoms with E-state index in [9.17, 15) is 19.5 Å². The highest BCUT2D eigenvalue weighted by molar-refractivity contribution is 6.06. The standard InChI is InChI=1S/C53H58FN9O5/c1-2-35-8-6-9-36-26-40(64)27-42(46(35)36)48-47(54)49-43(28-55-48)50(62-29-33-11-12-34(24-33)30-62)58-53(57-49)68-32-39-10-7-19-60(39)18-5-3-4-17-59-20-22-61(23-21-59)38-13-14-41-37(25-38)31-63(52(41)67)44-15-16-45(65)56-51(44)66/h1,6,8-9,13-14,25-28,33-34,39,44,64H,3-5,7,10-12,15-24,29-32H2,(H,56,65,66)/t33?,34?,39-,44-/m0/s1. The summed E-state index contributed by atoms with van der Waals surface area (Å²) in [4.78, 5) is 63.1. The molecule has 5 aliphatic heterocycles. The first-order valence-electron chi connectivity index (χ1n) is 24.6. The second-order valence-electron chi connectivity index (χ2n) is 19.8. The molecule has 3 amide bonds. The Bertz CT molecular complexity index is 2830. The highest BCUT2D eigenvalue weighted by atomic mass is 19.1. The Labute approximate surface area is 395 Å². The maximum absolute atomic E-state index is 17.1. The van der Waals surface area contributed by atoms with Gasteiger partial charge >= 0.3 is 6.01 Å². The van der Waals surface area contributed by atoms with Crippen molar-refractivity contribution in [3.05, 3.63) is 77.2 Å². The maximum Gasteiger partial charge on any atom is 0.319 e. The fourth-order valence-corrected chi connectivity index (χ4v) is 12.0. The molecule has 68 heavy (non-hydrogen) atoms. The molecule has 2 bridgehead atoms. The zero-order chi connectivity index (χ0) is 46.5. The van der Waals surface area contributed by atoms with E-state index in [2.05, 4.69) is 41.9 Å². The fraction of sp³-hybridized carbons (Fsp3) is 0.472. The van der Waals surface area contributed by atoms with Gasteiger partial charge in [-0.1, -0.05) is 24.5 Å². The molecule has 4 atom stereocenters. The lowest BCUT2D eigenvalue weighted by Gasteiger charge is -2.36. The molecule has 0 spiro atoms. The van der Waals surface area contributed by atoms with Gasteiger partial charge in [0.05, 0.1) is 5.39 Å². The number of likely N-dealkylation sites (tertiary alicyclic amines) is 1. The zero-order valence-electron chi connectivity index (χ0n) is 38.5. The van der Waals surface area contributed by atoms with Crippen molar-refractivity contribution in [3.8, 4) is 35.4 Å². The van der Waals surface area contributed by atoms with Crippen molar-refractivity contribution in [2.45, 2.75) is 82.8 Å². The molecule has 2 N–H and O–H groups in total. The number of aromatic nitrogens is 3. The van der Waals surface area contributed by atoms with E-state index >= 15 is 4.39 Å². The number of pyridine rings is 1. The molecule has 5 fully saturated rings. The van der Waals surface area contributed by atoms with Crippen molar-refractivity contribution in [1.29, 1.82) is 0 Å². The Morgan fingerprint density at radius 2 is 1.71 bits per heavy atom. The first kappa shape index (κ1) is 44.2. The lowest BCUT2D eigenvalue weighted by molar-refractivity contribution is -0.136. The predicted molar refractivity (Wildman–Crippen MR) is 258 cm³/mol. The van der Waals surface area contributed by atoms with Gasteiger partial charge in [-0.2, -0.15) is 9.97 Å². The largest absolute Gasteiger partial charge is 0.508 e. The molecule has 6 aliphatic rings. The molecule has 7 heterocycles. The van der Waals surface area contributed by atoms with Crippen molar-refractivity contribution in [3.63, 3.8) is 0 Å². The van der Waals surface area contributed by atoms with Crippen LogP contribution >= 0.6 is 0 Å². The number of halogens is 1. The minimum Gasteiger partial charge on any atom is -0.508 e. The van der Waals surface area contributed by atoms with Gasteiger partial charge < -0.3 is 24.5 Å². The van der Waals surface area contributed by atoms with Crippen LogP contribution in [0.5, 0.6) is 11.8 Å². The maximum atomic E-state index is 17.1. The monoisotopic (exact) mass is 919 g/mol. The number of phenols is 1. The zero-order valence-corrected chi connectivity index (χ0v) is 38.5. The average molecular weight is 920 g/mol. The third-order valence-electron chi connectivity index (χ3n) is 15.5. The number of imide groups is 1. The number of piperazine rings is 1. The number of piperidine rings is 2. The number of terminal acetylenes is 1. The van der Waals surface area contributed by atoms with Crippen LogP contribution in [-0.4, -0.2) is 130 Å². The van der Waals surface area contributed by atoms with Gasteiger partial charge in [-0.25, -0.2) is 4.39 Å². The first-order valence-corrected chi connectivity index (χ1v) is 24.6. The second kappa shape index (κ2) is 18.6. The molecule has 4 saturated heterocycles. The van der Waals surface area contributed by atoms with Crippen LogP contribution in [0.3, 0.4) is 0 Å². The number of rotatable bonds is 13. The summed E-state index contributed by atoms with van der Waals surface area (Å²) in [6.07, 6.45) is 17.3. The number of carbonyl (C=O) groups excluding carboxylic acids is 3. The Hall–Kier alpha value is -6.37. The molecule has 15 heteroatoms. The van der Waals surface area contributed by atoms with Crippen LogP contribution in [0.15, 0.2) is 54.7 Å². The van der Waals surface area contributed by atoms with Crippen LogP contribution in [0, 0.1) is 30.0 Å².